The van der Waals surface area contributed by atoms with Crippen molar-refractivity contribution in [3.8, 4) is 5.75 Å². The third-order valence-corrected chi connectivity index (χ3v) is 3.63. The highest BCUT2D eigenvalue weighted by Gasteiger charge is 1.97. The molecule has 4 nitrogen and oxygen atoms in total. The molecule has 23 heavy (non-hydrogen) atoms. The highest BCUT2D eigenvalue weighted by Crippen LogP contribution is 2.15. The molecule has 0 aliphatic carbocycles. The molecule has 0 amide bonds. The zero-order chi connectivity index (χ0) is 16.3. The smallest absolute Gasteiger partial charge is 0.170 e. The normalized spacial score (nSPS) is 10.1. The maximum absolute atomic E-state index is 5.83. The summed E-state index contributed by atoms with van der Waals surface area (Å²) in [6.45, 7) is 1.55. The lowest BCUT2D eigenvalue weighted by Gasteiger charge is -2.10. The Balaban J connectivity index is 1.49. The van der Waals surface area contributed by atoms with E-state index in [1.807, 2.05) is 36.4 Å². The van der Waals surface area contributed by atoms with Crippen molar-refractivity contribution in [2.75, 3.05) is 18.5 Å². The van der Waals surface area contributed by atoms with Gasteiger partial charge in [0, 0.05) is 29.6 Å². The fourth-order valence-electron chi connectivity index (χ4n) is 1.94. The van der Waals surface area contributed by atoms with Gasteiger partial charge in [-0.2, -0.15) is 0 Å². The van der Waals surface area contributed by atoms with Crippen LogP contribution in [-0.4, -0.2) is 23.2 Å². The Morgan fingerprint density at radius 2 is 1.78 bits per heavy atom. The van der Waals surface area contributed by atoms with Crippen molar-refractivity contribution in [2.24, 2.45) is 0 Å². The maximum atomic E-state index is 5.83. The van der Waals surface area contributed by atoms with Gasteiger partial charge in [0.05, 0.1) is 6.61 Å². The summed E-state index contributed by atoms with van der Waals surface area (Å²) in [4.78, 5) is 3.96. The Morgan fingerprint density at radius 1 is 1.04 bits per heavy atom. The lowest BCUT2D eigenvalue weighted by Crippen LogP contribution is -2.29. The Labute approximate surface area is 147 Å². The molecule has 0 radical (unpaired) electrons. The van der Waals surface area contributed by atoms with E-state index in [9.17, 15) is 0 Å². The third kappa shape index (κ3) is 7.30. The molecule has 1 aromatic carbocycles. The molecule has 0 saturated heterocycles. The molecule has 2 rings (SSSR count). The molecule has 122 valence electrons. The Kier molecular flexibility index (Phi) is 7.63. The van der Waals surface area contributed by atoms with Crippen molar-refractivity contribution in [1.29, 1.82) is 0 Å². The van der Waals surface area contributed by atoms with E-state index in [1.54, 1.807) is 12.4 Å². The first-order valence-electron chi connectivity index (χ1n) is 7.57. The van der Waals surface area contributed by atoms with E-state index in [0.717, 1.165) is 42.3 Å². The van der Waals surface area contributed by atoms with Gasteiger partial charge in [-0.05, 0) is 67.9 Å². The van der Waals surface area contributed by atoms with Crippen LogP contribution in [0.2, 0.25) is 5.02 Å². The molecule has 6 heteroatoms. The summed E-state index contributed by atoms with van der Waals surface area (Å²) in [5.41, 5.74) is 0.939. The van der Waals surface area contributed by atoms with Crippen molar-refractivity contribution < 1.29 is 4.74 Å². The van der Waals surface area contributed by atoms with Crippen molar-refractivity contribution in [1.82, 2.24) is 10.3 Å². The lowest BCUT2D eigenvalue weighted by atomic mass is 10.2. The molecule has 0 unspecified atom stereocenters. The standard InChI is InChI=1S/C17H20ClN3OS/c18-14-4-6-16(7-5-14)22-13-3-1-2-10-20-17(23)21-15-8-11-19-12-9-15/h4-9,11-12H,1-3,10,13H2,(H2,19,20,21,23). The average Bonchev–Trinajstić information content (AvgIpc) is 2.56. The number of aromatic nitrogens is 1. The second-order valence-electron chi connectivity index (χ2n) is 4.98. The molecule has 0 aliphatic heterocycles. The summed E-state index contributed by atoms with van der Waals surface area (Å²) in [7, 11) is 0. The van der Waals surface area contributed by atoms with Gasteiger partial charge in [0.1, 0.15) is 5.75 Å². The topological polar surface area (TPSA) is 46.2 Å². The number of nitrogens with zero attached hydrogens (tertiary/aromatic N) is 1. The van der Waals surface area contributed by atoms with E-state index in [2.05, 4.69) is 15.6 Å². The molecule has 0 bridgehead atoms. The van der Waals surface area contributed by atoms with Crippen molar-refractivity contribution in [3.05, 3.63) is 53.8 Å². The van der Waals surface area contributed by atoms with E-state index in [4.69, 9.17) is 28.6 Å². The summed E-state index contributed by atoms with van der Waals surface area (Å²) < 4.78 is 5.64. The van der Waals surface area contributed by atoms with Gasteiger partial charge in [-0.1, -0.05) is 11.6 Å². The van der Waals surface area contributed by atoms with Crippen LogP contribution < -0.4 is 15.4 Å². The number of rotatable bonds is 8. The molecule has 2 N–H and O–H groups in total. The van der Waals surface area contributed by atoms with Gasteiger partial charge in [0.15, 0.2) is 5.11 Å². The van der Waals surface area contributed by atoms with Gasteiger partial charge >= 0.3 is 0 Å². The quantitative estimate of drug-likeness (QED) is 0.550. The highest BCUT2D eigenvalue weighted by atomic mass is 35.5. The number of halogens is 1. The van der Waals surface area contributed by atoms with E-state index < -0.39 is 0 Å². The number of ether oxygens (including phenoxy) is 1. The van der Waals surface area contributed by atoms with Crippen LogP contribution >= 0.6 is 23.8 Å². The molecule has 0 aliphatic rings. The number of pyridine rings is 1. The Morgan fingerprint density at radius 3 is 2.52 bits per heavy atom. The number of unbranched alkanes of at least 4 members (excludes halogenated alkanes) is 2. The van der Waals surface area contributed by atoms with Gasteiger partial charge < -0.3 is 15.4 Å². The molecule has 1 heterocycles. The maximum Gasteiger partial charge on any atom is 0.170 e. The third-order valence-electron chi connectivity index (χ3n) is 3.13. The highest BCUT2D eigenvalue weighted by molar-refractivity contribution is 7.80. The van der Waals surface area contributed by atoms with Crippen LogP contribution in [-0.2, 0) is 0 Å². The summed E-state index contributed by atoms with van der Waals surface area (Å²) in [5, 5.41) is 7.66. The predicted molar refractivity (Wildman–Crippen MR) is 99.3 cm³/mol. The Hall–Kier alpha value is -1.85. The summed E-state index contributed by atoms with van der Waals surface area (Å²) in [6.07, 6.45) is 6.59. The number of thiocarbonyl (C=S) groups is 1. The number of benzene rings is 1. The van der Waals surface area contributed by atoms with E-state index in [-0.39, 0.29) is 0 Å². The minimum absolute atomic E-state index is 0.633. The van der Waals surface area contributed by atoms with Crippen LogP contribution in [0.1, 0.15) is 19.3 Å². The van der Waals surface area contributed by atoms with Crippen LogP contribution in [0.25, 0.3) is 0 Å². The first-order chi connectivity index (χ1) is 11.2. The zero-order valence-electron chi connectivity index (χ0n) is 12.8. The molecule has 0 atom stereocenters. The van der Waals surface area contributed by atoms with Crippen molar-refractivity contribution >= 4 is 34.6 Å². The van der Waals surface area contributed by atoms with E-state index >= 15 is 0 Å². The summed E-state index contributed by atoms with van der Waals surface area (Å²) >= 11 is 11.1. The Bertz CT molecular complexity index is 593. The van der Waals surface area contributed by atoms with E-state index in [1.165, 1.54) is 0 Å². The van der Waals surface area contributed by atoms with Gasteiger partial charge in [-0.15, -0.1) is 0 Å². The number of anilines is 1. The fourth-order valence-corrected chi connectivity index (χ4v) is 2.28. The van der Waals surface area contributed by atoms with Crippen molar-refractivity contribution in [2.45, 2.75) is 19.3 Å². The molecule has 2 aromatic rings. The molecule has 1 aromatic heterocycles. The monoisotopic (exact) mass is 349 g/mol. The first kappa shape index (κ1) is 17.5. The van der Waals surface area contributed by atoms with Crippen LogP contribution in [0, 0.1) is 0 Å². The molecule has 0 saturated carbocycles. The fraction of sp³-hybridized carbons (Fsp3) is 0.294. The van der Waals surface area contributed by atoms with Crippen molar-refractivity contribution in [3.63, 3.8) is 0 Å². The first-order valence-corrected chi connectivity index (χ1v) is 8.36. The number of nitrogens with one attached hydrogen (secondary N) is 2. The number of hydrogen-bond donors (Lipinski definition) is 2. The summed E-state index contributed by atoms with van der Waals surface area (Å²) in [5.74, 6) is 0.857. The van der Waals surface area contributed by atoms with E-state index in [0.29, 0.717) is 11.7 Å². The SMILES string of the molecule is S=C(NCCCCCOc1ccc(Cl)cc1)Nc1ccncc1. The van der Waals surface area contributed by atoms with Gasteiger partial charge in [0.25, 0.3) is 0 Å². The van der Waals surface area contributed by atoms with Gasteiger partial charge in [-0.3, -0.25) is 4.98 Å². The number of hydrogen-bond acceptors (Lipinski definition) is 3. The largest absolute Gasteiger partial charge is 0.494 e. The molecular weight excluding hydrogens is 330 g/mol. The van der Waals surface area contributed by atoms with Gasteiger partial charge in [-0.25, -0.2) is 0 Å². The minimum atomic E-state index is 0.633. The molecular formula is C17H20ClN3OS. The zero-order valence-corrected chi connectivity index (χ0v) is 14.4. The van der Waals surface area contributed by atoms with Crippen LogP contribution in [0.4, 0.5) is 5.69 Å². The van der Waals surface area contributed by atoms with Crippen LogP contribution in [0.15, 0.2) is 48.8 Å². The average molecular weight is 350 g/mol. The molecule has 0 spiro atoms. The molecule has 0 fully saturated rings. The lowest BCUT2D eigenvalue weighted by molar-refractivity contribution is 0.305. The second kappa shape index (κ2) is 10.0. The van der Waals surface area contributed by atoms with Gasteiger partial charge in [0.2, 0.25) is 0 Å². The minimum Gasteiger partial charge on any atom is -0.494 e. The predicted octanol–water partition coefficient (Wildman–Crippen LogP) is 4.27. The van der Waals surface area contributed by atoms with Crippen LogP contribution in [0.3, 0.4) is 0 Å². The van der Waals surface area contributed by atoms with Crippen LogP contribution in [0.5, 0.6) is 5.75 Å². The summed E-state index contributed by atoms with van der Waals surface area (Å²) in [6, 6.07) is 11.2. The second-order valence-corrected chi connectivity index (χ2v) is 5.82.